The van der Waals surface area contributed by atoms with Crippen molar-refractivity contribution in [1.29, 1.82) is 0 Å². The first-order chi connectivity index (χ1) is 15.5. The van der Waals surface area contributed by atoms with Gasteiger partial charge in [0.2, 0.25) is 0 Å². The smallest absolute Gasteiger partial charge is 0.255 e. The van der Waals surface area contributed by atoms with Gasteiger partial charge in [-0.3, -0.25) is 9.78 Å². The standard InChI is InChI=1S/C26H28N4O2/c1-19-9-6-13-24(20(19)2)32-16-8-15-30-23-12-5-4-11-22(23)28-25(30)18-29(3)26(31)21-10-7-14-27-17-21/h4-7,9-14,17H,8,15-16,18H2,1-3H3. The molecule has 0 aliphatic carbocycles. The highest BCUT2D eigenvalue weighted by molar-refractivity contribution is 5.93. The highest BCUT2D eigenvalue weighted by atomic mass is 16.5. The van der Waals surface area contributed by atoms with Gasteiger partial charge in [-0.1, -0.05) is 24.3 Å². The first-order valence-electron chi connectivity index (χ1n) is 10.8. The highest BCUT2D eigenvalue weighted by Gasteiger charge is 2.17. The number of amides is 1. The number of ether oxygens (including phenoxy) is 1. The minimum absolute atomic E-state index is 0.0741. The van der Waals surface area contributed by atoms with E-state index in [2.05, 4.69) is 35.5 Å². The zero-order valence-electron chi connectivity index (χ0n) is 18.8. The Morgan fingerprint density at radius 3 is 2.72 bits per heavy atom. The van der Waals surface area contributed by atoms with Gasteiger partial charge in [-0.25, -0.2) is 4.98 Å². The maximum Gasteiger partial charge on any atom is 0.255 e. The maximum absolute atomic E-state index is 12.8. The number of pyridine rings is 1. The maximum atomic E-state index is 12.8. The van der Waals surface area contributed by atoms with Gasteiger partial charge in [0.15, 0.2) is 0 Å². The van der Waals surface area contributed by atoms with E-state index in [4.69, 9.17) is 9.72 Å². The Morgan fingerprint density at radius 2 is 1.91 bits per heavy atom. The summed E-state index contributed by atoms with van der Waals surface area (Å²) in [6, 6.07) is 17.7. The SMILES string of the molecule is Cc1cccc(OCCCn2c(CN(C)C(=O)c3cccnc3)nc3ccccc32)c1C. The quantitative estimate of drug-likeness (QED) is 0.379. The van der Waals surface area contributed by atoms with E-state index < -0.39 is 0 Å². The van der Waals surface area contributed by atoms with Gasteiger partial charge in [-0.15, -0.1) is 0 Å². The van der Waals surface area contributed by atoms with E-state index in [0.29, 0.717) is 18.7 Å². The molecular formula is C26H28N4O2. The number of aromatic nitrogens is 3. The summed E-state index contributed by atoms with van der Waals surface area (Å²) < 4.78 is 8.23. The molecule has 4 rings (SSSR count). The molecule has 0 saturated heterocycles. The molecule has 164 valence electrons. The average Bonchev–Trinajstić information content (AvgIpc) is 3.16. The lowest BCUT2D eigenvalue weighted by Gasteiger charge is -2.18. The summed E-state index contributed by atoms with van der Waals surface area (Å²) >= 11 is 0. The van der Waals surface area contributed by atoms with E-state index in [9.17, 15) is 4.79 Å². The predicted octanol–water partition coefficient (Wildman–Crippen LogP) is 4.79. The molecule has 0 N–H and O–H groups in total. The number of hydrogen-bond acceptors (Lipinski definition) is 4. The molecule has 0 unspecified atom stereocenters. The normalized spacial score (nSPS) is 11.0. The fourth-order valence-corrected chi connectivity index (χ4v) is 3.77. The molecule has 0 aliphatic heterocycles. The van der Waals surface area contributed by atoms with Crippen LogP contribution in [-0.2, 0) is 13.1 Å². The van der Waals surface area contributed by atoms with E-state index in [1.807, 2.05) is 30.3 Å². The molecule has 0 bridgehead atoms. The van der Waals surface area contributed by atoms with Crippen LogP contribution >= 0.6 is 0 Å². The zero-order valence-corrected chi connectivity index (χ0v) is 18.8. The molecular weight excluding hydrogens is 400 g/mol. The molecule has 4 aromatic rings. The Morgan fingerprint density at radius 1 is 1.06 bits per heavy atom. The summed E-state index contributed by atoms with van der Waals surface area (Å²) in [5.41, 5.74) is 4.97. The molecule has 0 spiro atoms. The van der Waals surface area contributed by atoms with Crippen LogP contribution < -0.4 is 4.74 Å². The third-order valence-corrected chi connectivity index (χ3v) is 5.71. The monoisotopic (exact) mass is 428 g/mol. The van der Waals surface area contributed by atoms with Crippen molar-refractivity contribution in [2.75, 3.05) is 13.7 Å². The van der Waals surface area contributed by atoms with Gasteiger partial charge in [-0.05, 0) is 61.7 Å². The molecule has 0 radical (unpaired) electrons. The molecule has 6 heteroatoms. The lowest BCUT2D eigenvalue weighted by molar-refractivity contribution is 0.0779. The summed E-state index contributed by atoms with van der Waals surface area (Å²) in [4.78, 5) is 23.3. The Bertz CT molecular complexity index is 1220. The number of hydrogen-bond donors (Lipinski definition) is 0. The molecule has 1 amide bonds. The van der Waals surface area contributed by atoms with Crippen molar-refractivity contribution in [3.63, 3.8) is 0 Å². The van der Waals surface area contributed by atoms with Gasteiger partial charge in [0.1, 0.15) is 11.6 Å². The number of carbonyl (C=O) groups is 1. The second-order valence-corrected chi connectivity index (χ2v) is 7.97. The Kier molecular flexibility index (Phi) is 6.50. The number of benzene rings is 2. The molecule has 6 nitrogen and oxygen atoms in total. The number of nitrogens with zero attached hydrogens (tertiary/aromatic N) is 4. The van der Waals surface area contributed by atoms with Crippen molar-refractivity contribution < 1.29 is 9.53 Å². The molecule has 0 atom stereocenters. The molecule has 0 aliphatic rings. The first-order valence-corrected chi connectivity index (χ1v) is 10.8. The summed E-state index contributed by atoms with van der Waals surface area (Å²) in [6.07, 6.45) is 4.09. The van der Waals surface area contributed by atoms with Crippen molar-refractivity contribution in [1.82, 2.24) is 19.4 Å². The van der Waals surface area contributed by atoms with E-state index >= 15 is 0 Å². The van der Waals surface area contributed by atoms with Gasteiger partial charge < -0.3 is 14.2 Å². The number of rotatable bonds is 8. The van der Waals surface area contributed by atoms with E-state index in [-0.39, 0.29) is 5.91 Å². The van der Waals surface area contributed by atoms with Crippen molar-refractivity contribution in [2.24, 2.45) is 0 Å². The zero-order chi connectivity index (χ0) is 22.5. The lowest BCUT2D eigenvalue weighted by Crippen LogP contribution is -2.28. The number of para-hydroxylation sites is 2. The van der Waals surface area contributed by atoms with Crippen LogP contribution in [0, 0.1) is 13.8 Å². The average molecular weight is 429 g/mol. The van der Waals surface area contributed by atoms with Crippen LogP contribution in [0.4, 0.5) is 0 Å². The minimum atomic E-state index is -0.0741. The van der Waals surface area contributed by atoms with Crippen LogP contribution in [0.25, 0.3) is 11.0 Å². The summed E-state index contributed by atoms with van der Waals surface area (Å²) in [7, 11) is 1.79. The van der Waals surface area contributed by atoms with Gasteiger partial charge >= 0.3 is 0 Å². The largest absolute Gasteiger partial charge is 0.493 e. The molecule has 32 heavy (non-hydrogen) atoms. The van der Waals surface area contributed by atoms with Crippen LogP contribution in [0.2, 0.25) is 0 Å². The Balaban J connectivity index is 1.48. The van der Waals surface area contributed by atoms with Gasteiger partial charge in [0.25, 0.3) is 5.91 Å². The van der Waals surface area contributed by atoms with Crippen molar-refractivity contribution in [3.05, 3.63) is 89.5 Å². The van der Waals surface area contributed by atoms with Crippen LogP contribution in [-0.4, -0.2) is 39.0 Å². The fraction of sp³-hybridized carbons (Fsp3) is 0.269. The lowest BCUT2D eigenvalue weighted by atomic mass is 10.1. The Hall–Kier alpha value is -3.67. The minimum Gasteiger partial charge on any atom is -0.493 e. The van der Waals surface area contributed by atoms with Crippen molar-refractivity contribution in [3.8, 4) is 5.75 Å². The second-order valence-electron chi connectivity index (χ2n) is 7.97. The predicted molar refractivity (Wildman–Crippen MR) is 126 cm³/mol. The highest BCUT2D eigenvalue weighted by Crippen LogP contribution is 2.22. The molecule has 2 aromatic carbocycles. The molecule has 2 heterocycles. The van der Waals surface area contributed by atoms with Crippen molar-refractivity contribution >= 4 is 16.9 Å². The number of imidazole rings is 1. The third-order valence-electron chi connectivity index (χ3n) is 5.71. The summed E-state index contributed by atoms with van der Waals surface area (Å²) in [6.45, 7) is 5.97. The fourth-order valence-electron chi connectivity index (χ4n) is 3.77. The topological polar surface area (TPSA) is 60.2 Å². The van der Waals surface area contributed by atoms with Crippen LogP contribution in [0.15, 0.2) is 67.0 Å². The molecule has 0 fully saturated rings. The van der Waals surface area contributed by atoms with Gasteiger partial charge in [0, 0.05) is 26.0 Å². The van der Waals surface area contributed by atoms with Crippen molar-refractivity contribution in [2.45, 2.75) is 33.4 Å². The molecule has 0 saturated carbocycles. The Labute approximate surface area is 188 Å². The molecule has 2 aromatic heterocycles. The third kappa shape index (κ3) is 4.64. The van der Waals surface area contributed by atoms with Crippen LogP contribution in [0.5, 0.6) is 5.75 Å². The van der Waals surface area contributed by atoms with E-state index in [0.717, 1.165) is 35.6 Å². The number of carbonyl (C=O) groups excluding carboxylic acids is 1. The summed E-state index contributed by atoms with van der Waals surface area (Å²) in [5, 5.41) is 0. The van der Waals surface area contributed by atoms with Gasteiger partial charge in [0.05, 0.1) is 29.7 Å². The van der Waals surface area contributed by atoms with E-state index in [1.165, 1.54) is 11.1 Å². The van der Waals surface area contributed by atoms with Crippen LogP contribution in [0.1, 0.15) is 33.7 Å². The number of aryl methyl sites for hydroxylation is 2. The number of fused-ring (bicyclic) bond motifs is 1. The first kappa shape index (κ1) is 21.6. The second kappa shape index (κ2) is 9.64. The van der Waals surface area contributed by atoms with Gasteiger partial charge in [-0.2, -0.15) is 0 Å². The van der Waals surface area contributed by atoms with Crippen LogP contribution in [0.3, 0.4) is 0 Å². The summed E-state index contributed by atoms with van der Waals surface area (Å²) in [5.74, 6) is 1.72. The van der Waals surface area contributed by atoms with E-state index in [1.54, 1.807) is 36.5 Å².